The van der Waals surface area contributed by atoms with E-state index < -0.39 is 0 Å². The van der Waals surface area contributed by atoms with Crippen LogP contribution in [-0.4, -0.2) is 50.8 Å². The molecule has 28 heavy (non-hydrogen) atoms. The van der Waals surface area contributed by atoms with Gasteiger partial charge in [-0.1, -0.05) is 48.6 Å². The van der Waals surface area contributed by atoms with Gasteiger partial charge in [0.05, 0.1) is 23.9 Å². The normalized spacial score (nSPS) is 17.1. The number of hydrogen-bond acceptors (Lipinski definition) is 7. The highest BCUT2D eigenvalue weighted by Gasteiger charge is 2.34. The number of aromatic nitrogens is 3. The van der Waals surface area contributed by atoms with E-state index in [1.165, 1.54) is 23.0 Å². The number of methoxy groups -OCH3 is 1. The Bertz CT molecular complexity index is 961. The van der Waals surface area contributed by atoms with E-state index in [0.29, 0.717) is 4.96 Å². The van der Waals surface area contributed by atoms with Crippen LogP contribution in [-0.2, 0) is 16.0 Å². The maximum absolute atomic E-state index is 11.9. The molecular formula is C20H24N4O3S. The minimum absolute atomic E-state index is 0.0549. The number of esters is 1. The lowest BCUT2D eigenvalue weighted by Gasteiger charge is -2.36. The van der Waals surface area contributed by atoms with Crippen LogP contribution in [0.15, 0.2) is 30.3 Å². The zero-order valence-electron chi connectivity index (χ0n) is 16.0. The van der Waals surface area contributed by atoms with E-state index >= 15 is 0 Å². The largest absolute Gasteiger partial charge is 0.492 e. The minimum atomic E-state index is -0.135. The summed E-state index contributed by atoms with van der Waals surface area (Å²) in [5.41, 5.74) is 1.11. The highest BCUT2D eigenvalue weighted by atomic mass is 32.1. The molecule has 1 N–H and O–H groups in total. The first-order chi connectivity index (χ1) is 13.6. The Morgan fingerprint density at radius 3 is 2.64 bits per heavy atom. The van der Waals surface area contributed by atoms with Crippen LogP contribution in [0, 0.1) is 5.92 Å². The van der Waals surface area contributed by atoms with Crippen LogP contribution in [0.2, 0.25) is 0 Å². The number of aryl methyl sites for hydroxylation is 1. The molecule has 0 aliphatic carbocycles. The third-order valence-corrected chi connectivity index (χ3v) is 6.43. The van der Waals surface area contributed by atoms with Gasteiger partial charge in [-0.05, 0) is 31.5 Å². The number of benzene rings is 1. The van der Waals surface area contributed by atoms with Crippen LogP contribution in [0.3, 0.4) is 0 Å². The number of fused-ring (bicyclic) bond motifs is 1. The number of aromatic hydroxyl groups is 1. The first kappa shape index (κ1) is 18.9. The molecule has 1 aromatic carbocycles. The van der Waals surface area contributed by atoms with Crippen molar-refractivity contribution in [3.63, 3.8) is 0 Å². The van der Waals surface area contributed by atoms with Gasteiger partial charge in [0.15, 0.2) is 5.82 Å². The average Bonchev–Trinajstić information content (AvgIpc) is 3.28. The summed E-state index contributed by atoms with van der Waals surface area (Å²) in [4.78, 5) is 20.2. The van der Waals surface area contributed by atoms with Gasteiger partial charge in [0.25, 0.3) is 0 Å². The van der Waals surface area contributed by atoms with Crippen molar-refractivity contribution < 1.29 is 14.6 Å². The first-order valence-corrected chi connectivity index (χ1v) is 10.4. The number of likely N-dealkylation sites (tertiary alicyclic amines) is 1. The minimum Gasteiger partial charge on any atom is -0.492 e. The van der Waals surface area contributed by atoms with Crippen LogP contribution in [0.4, 0.5) is 0 Å². The molecule has 0 bridgehead atoms. The Balaban J connectivity index is 1.69. The third kappa shape index (κ3) is 3.38. The lowest BCUT2D eigenvalue weighted by atomic mass is 9.94. The van der Waals surface area contributed by atoms with E-state index in [-0.39, 0.29) is 23.8 Å². The van der Waals surface area contributed by atoms with Crippen molar-refractivity contribution in [1.82, 2.24) is 19.5 Å². The SMILES string of the molecule is CCc1nc2sc([C@H](c3ccccc3)N3CCC(C(=O)OC)CC3)c(O)n2n1. The van der Waals surface area contributed by atoms with Crippen molar-refractivity contribution in [3.8, 4) is 5.88 Å². The van der Waals surface area contributed by atoms with Gasteiger partial charge in [0.2, 0.25) is 10.8 Å². The standard InChI is InChI=1S/C20H24N4O3S/c1-3-15-21-20-24(22-15)18(25)17(28-20)16(13-7-5-4-6-8-13)23-11-9-14(10-12-23)19(26)27-2/h4-8,14,16,25H,3,9-12H2,1-2H3/t16-/m0/s1. The predicted molar refractivity (Wildman–Crippen MR) is 107 cm³/mol. The van der Waals surface area contributed by atoms with Gasteiger partial charge in [0.1, 0.15) is 0 Å². The molecule has 0 amide bonds. The summed E-state index contributed by atoms with van der Waals surface area (Å²) in [6.07, 6.45) is 2.22. The van der Waals surface area contributed by atoms with Gasteiger partial charge in [-0.3, -0.25) is 9.69 Å². The number of ether oxygens (including phenoxy) is 1. The number of piperidine rings is 1. The van der Waals surface area contributed by atoms with Gasteiger partial charge < -0.3 is 9.84 Å². The van der Waals surface area contributed by atoms with Crippen LogP contribution in [0.1, 0.15) is 42.1 Å². The molecular weight excluding hydrogens is 376 g/mol. The molecule has 4 rings (SSSR count). The second-order valence-corrected chi connectivity index (χ2v) is 8.02. The quantitative estimate of drug-likeness (QED) is 0.663. The van der Waals surface area contributed by atoms with Crippen LogP contribution in [0.5, 0.6) is 5.88 Å². The molecule has 7 nitrogen and oxygen atoms in total. The van der Waals surface area contributed by atoms with E-state index in [1.54, 1.807) is 0 Å². The zero-order valence-corrected chi connectivity index (χ0v) is 16.9. The Kier molecular flexibility index (Phi) is 5.32. The summed E-state index contributed by atoms with van der Waals surface area (Å²) in [6.45, 7) is 3.51. The van der Waals surface area contributed by atoms with Crippen LogP contribution in [0.25, 0.3) is 4.96 Å². The van der Waals surface area contributed by atoms with Crippen molar-refractivity contribution in [1.29, 1.82) is 0 Å². The van der Waals surface area contributed by atoms with E-state index in [2.05, 4.69) is 27.1 Å². The summed E-state index contributed by atoms with van der Waals surface area (Å²) in [7, 11) is 1.44. The average molecular weight is 401 g/mol. The summed E-state index contributed by atoms with van der Waals surface area (Å²) < 4.78 is 6.45. The molecule has 8 heteroatoms. The van der Waals surface area contributed by atoms with E-state index in [1.807, 2.05) is 25.1 Å². The van der Waals surface area contributed by atoms with Gasteiger partial charge in [-0.2, -0.15) is 4.52 Å². The van der Waals surface area contributed by atoms with Gasteiger partial charge in [-0.15, -0.1) is 5.10 Å². The Hall–Kier alpha value is -2.45. The highest BCUT2D eigenvalue weighted by molar-refractivity contribution is 7.17. The van der Waals surface area contributed by atoms with Crippen molar-refractivity contribution in [2.24, 2.45) is 5.92 Å². The lowest BCUT2D eigenvalue weighted by molar-refractivity contribution is -0.147. The number of hydrogen-bond donors (Lipinski definition) is 1. The number of nitrogens with zero attached hydrogens (tertiary/aromatic N) is 4. The second kappa shape index (κ2) is 7.89. The monoisotopic (exact) mass is 400 g/mol. The molecule has 3 aromatic rings. The molecule has 1 aliphatic heterocycles. The lowest BCUT2D eigenvalue weighted by Crippen LogP contribution is -2.39. The number of rotatable bonds is 5. The topological polar surface area (TPSA) is 80.0 Å². The van der Waals surface area contributed by atoms with Gasteiger partial charge in [0, 0.05) is 6.42 Å². The fourth-order valence-corrected chi connectivity index (χ4v) is 4.98. The smallest absolute Gasteiger partial charge is 0.308 e. The molecule has 1 saturated heterocycles. The molecule has 2 aromatic heterocycles. The van der Waals surface area contributed by atoms with Crippen molar-refractivity contribution in [3.05, 3.63) is 46.6 Å². The molecule has 0 spiro atoms. The summed E-state index contributed by atoms with van der Waals surface area (Å²) in [6, 6.07) is 10.0. The zero-order chi connectivity index (χ0) is 19.7. The van der Waals surface area contributed by atoms with Gasteiger partial charge >= 0.3 is 5.97 Å². The second-order valence-electron chi connectivity index (χ2n) is 7.01. The predicted octanol–water partition coefficient (Wildman–Crippen LogP) is 3.03. The third-order valence-electron chi connectivity index (χ3n) is 5.35. The summed E-state index contributed by atoms with van der Waals surface area (Å²) in [5.74, 6) is 0.685. The highest BCUT2D eigenvalue weighted by Crippen LogP contribution is 2.41. The molecule has 1 atom stereocenters. The van der Waals surface area contributed by atoms with E-state index in [4.69, 9.17) is 4.74 Å². The Morgan fingerprint density at radius 1 is 1.32 bits per heavy atom. The number of carbonyl (C=O) groups excluding carboxylic acids is 1. The molecule has 3 heterocycles. The van der Waals surface area contributed by atoms with Crippen LogP contribution >= 0.6 is 11.3 Å². The van der Waals surface area contributed by atoms with Crippen molar-refractivity contribution in [2.75, 3.05) is 20.2 Å². The molecule has 0 radical (unpaired) electrons. The Morgan fingerprint density at radius 2 is 2.04 bits per heavy atom. The maximum atomic E-state index is 11.9. The van der Waals surface area contributed by atoms with Crippen molar-refractivity contribution >= 4 is 22.3 Å². The molecule has 148 valence electrons. The fraction of sp³-hybridized carbons (Fsp3) is 0.450. The summed E-state index contributed by atoms with van der Waals surface area (Å²) in [5, 5.41) is 15.3. The maximum Gasteiger partial charge on any atom is 0.308 e. The fourth-order valence-electron chi connectivity index (χ4n) is 3.84. The molecule has 0 saturated carbocycles. The van der Waals surface area contributed by atoms with E-state index in [9.17, 15) is 9.90 Å². The first-order valence-electron chi connectivity index (χ1n) is 9.56. The van der Waals surface area contributed by atoms with Crippen molar-refractivity contribution in [2.45, 2.75) is 32.2 Å². The number of thiazole rings is 1. The summed E-state index contributed by atoms with van der Waals surface area (Å²) >= 11 is 1.47. The number of carbonyl (C=O) groups is 1. The van der Waals surface area contributed by atoms with E-state index in [0.717, 1.165) is 48.6 Å². The molecule has 1 fully saturated rings. The van der Waals surface area contributed by atoms with Crippen LogP contribution < -0.4 is 0 Å². The van der Waals surface area contributed by atoms with Gasteiger partial charge in [-0.25, -0.2) is 4.98 Å². The Labute approximate surface area is 167 Å². The molecule has 1 aliphatic rings. The molecule has 0 unspecified atom stereocenters.